The number of nitrogens with two attached hydrogens (primary N) is 1. The molecule has 4 N–H and O–H groups in total. The van der Waals surface area contributed by atoms with Crippen LogP contribution in [0.1, 0.15) is 31.2 Å². The Hall–Kier alpha value is -1.47. The summed E-state index contributed by atoms with van der Waals surface area (Å²) in [6, 6.07) is 6.34. The zero-order valence-corrected chi connectivity index (χ0v) is 13.2. The highest BCUT2D eigenvalue weighted by molar-refractivity contribution is 6.32. The first-order chi connectivity index (χ1) is 10.9. The minimum atomic E-state index is -1.56. The third-order valence-electron chi connectivity index (χ3n) is 4.37. The van der Waals surface area contributed by atoms with Gasteiger partial charge in [0.25, 0.3) is 0 Å². The molecule has 0 amide bonds. The van der Waals surface area contributed by atoms with Gasteiger partial charge in [0.2, 0.25) is 11.7 Å². The summed E-state index contributed by atoms with van der Waals surface area (Å²) in [5, 5.41) is 18.7. The number of nitrogens with zero attached hydrogens (tertiary/aromatic N) is 1. The molecule has 3 rings (SSSR count). The number of hydrogen-bond acceptors (Lipinski definition) is 6. The van der Waals surface area contributed by atoms with Gasteiger partial charge in [-0.05, 0) is 25.3 Å². The second-order valence-corrected chi connectivity index (χ2v) is 6.38. The van der Waals surface area contributed by atoms with E-state index in [1.54, 1.807) is 18.2 Å². The molecule has 1 aromatic carbocycles. The van der Waals surface area contributed by atoms with E-state index in [-0.39, 0.29) is 18.1 Å². The van der Waals surface area contributed by atoms with Crippen molar-refractivity contribution in [1.82, 2.24) is 0 Å². The van der Waals surface area contributed by atoms with Crippen LogP contribution in [0.3, 0.4) is 0 Å². The zero-order valence-electron chi connectivity index (χ0n) is 12.5. The van der Waals surface area contributed by atoms with Crippen molar-refractivity contribution in [3.8, 4) is 0 Å². The number of ether oxygens (including phenoxy) is 1. The Labute approximate surface area is 138 Å². The van der Waals surface area contributed by atoms with Gasteiger partial charge in [0.05, 0.1) is 6.04 Å². The van der Waals surface area contributed by atoms with Crippen LogP contribution >= 0.6 is 11.6 Å². The van der Waals surface area contributed by atoms with Crippen molar-refractivity contribution < 1.29 is 19.7 Å². The van der Waals surface area contributed by atoms with E-state index in [4.69, 9.17) is 32.3 Å². The first-order valence-electron chi connectivity index (χ1n) is 7.61. The van der Waals surface area contributed by atoms with E-state index in [2.05, 4.69) is 4.99 Å². The molecule has 1 fully saturated rings. The molecule has 0 saturated heterocycles. The van der Waals surface area contributed by atoms with Crippen molar-refractivity contribution in [2.24, 2.45) is 10.7 Å². The number of aliphatic hydroxyl groups excluding tert-OH is 1. The first kappa shape index (κ1) is 16.4. The number of fused-ring (bicyclic) bond motifs is 2. The van der Waals surface area contributed by atoms with Crippen molar-refractivity contribution in [2.75, 3.05) is 0 Å². The predicted octanol–water partition coefficient (Wildman–Crippen LogP) is 1.11. The van der Waals surface area contributed by atoms with Gasteiger partial charge < -0.3 is 20.7 Å². The topological polar surface area (TPSA) is 105 Å². The Morgan fingerprint density at radius 1 is 1.43 bits per heavy atom. The Morgan fingerprint density at radius 2 is 2.17 bits per heavy atom. The van der Waals surface area contributed by atoms with Crippen LogP contribution in [0.4, 0.5) is 0 Å². The molecule has 3 atom stereocenters. The molecular weight excluding hydrogens is 320 g/mol. The predicted molar refractivity (Wildman–Crippen MR) is 85.1 cm³/mol. The van der Waals surface area contributed by atoms with Crippen molar-refractivity contribution in [3.05, 3.63) is 34.9 Å². The van der Waals surface area contributed by atoms with Gasteiger partial charge in [-0.15, -0.1) is 0 Å². The smallest absolute Gasteiger partial charge is 0.205 e. The first-order valence-corrected chi connectivity index (χ1v) is 7.99. The molecule has 2 unspecified atom stereocenters. The van der Waals surface area contributed by atoms with Crippen molar-refractivity contribution >= 4 is 23.3 Å². The van der Waals surface area contributed by atoms with Crippen molar-refractivity contribution in [1.29, 1.82) is 0 Å². The Bertz CT molecular complexity index is 649. The maximum atomic E-state index is 12.8. The Kier molecular flexibility index (Phi) is 4.42. The molecule has 2 aliphatic rings. The number of hydrogen-bond donors (Lipinski definition) is 3. The second-order valence-electron chi connectivity index (χ2n) is 5.98. The lowest BCUT2D eigenvalue weighted by Crippen LogP contribution is -2.54. The van der Waals surface area contributed by atoms with Crippen LogP contribution in [0, 0.1) is 0 Å². The van der Waals surface area contributed by atoms with E-state index in [1.165, 1.54) is 0 Å². The van der Waals surface area contributed by atoms with Crippen LogP contribution in [-0.2, 0) is 15.1 Å². The molecule has 0 radical (unpaired) electrons. The van der Waals surface area contributed by atoms with Gasteiger partial charge in [0.15, 0.2) is 17.9 Å². The quantitative estimate of drug-likeness (QED) is 0.713. The molecule has 1 saturated carbocycles. The molecule has 0 aromatic heterocycles. The number of rotatable bonds is 4. The summed E-state index contributed by atoms with van der Waals surface area (Å²) in [5.74, 6) is 0.0691. The number of halogens is 1. The van der Waals surface area contributed by atoms with E-state index < -0.39 is 24.0 Å². The number of carbonyl (C=O) groups excluding carboxylic acids is 1. The highest BCUT2D eigenvalue weighted by Crippen LogP contribution is 2.44. The number of ketones is 1. The number of aliphatic imine (C=N–C) groups is 1. The standard InChI is InChI=1S/C16H19ClN2O4/c17-10-5-2-1-4-9(10)16-7-3-6-12(14(16)22)23-15(19-16)11(18)8-13(20)21/h1-2,4-5,11-13,20-21H,3,6-8,18H2/t11-,12?,16?/m0/s1. The minimum absolute atomic E-state index is 0.113. The summed E-state index contributed by atoms with van der Waals surface area (Å²) in [6.07, 6.45) is -0.375. The molecule has 23 heavy (non-hydrogen) atoms. The molecule has 1 aliphatic heterocycles. The number of benzene rings is 1. The number of aliphatic hydroxyl groups is 2. The Balaban J connectivity index is 2.07. The van der Waals surface area contributed by atoms with Crippen LogP contribution < -0.4 is 5.73 Å². The van der Waals surface area contributed by atoms with Crippen LogP contribution in [-0.4, -0.2) is 40.3 Å². The van der Waals surface area contributed by atoms with Crippen molar-refractivity contribution in [2.45, 2.75) is 49.7 Å². The fourth-order valence-electron chi connectivity index (χ4n) is 3.27. The second kappa shape index (κ2) is 6.20. The largest absolute Gasteiger partial charge is 0.468 e. The molecular formula is C16H19ClN2O4. The van der Waals surface area contributed by atoms with Crippen LogP contribution in [0.15, 0.2) is 29.3 Å². The van der Waals surface area contributed by atoms with Crippen LogP contribution in [0.5, 0.6) is 0 Å². The number of Topliss-reactive ketones (excluding diaryl/α,β-unsaturated/α-hetero) is 1. The molecule has 0 spiro atoms. The molecule has 2 bridgehead atoms. The summed E-state index contributed by atoms with van der Waals surface area (Å²) < 4.78 is 5.63. The van der Waals surface area contributed by atoms with Crippen LogP contribution in [0.25, 0.3) is 0 Å². The third-order valence-corrected chi connectivity index (χ3v) is 4.70. The average Bonchev–Trinajstić information content (AvgIpc) is 2.47. The summed E-state index contributed by atoms with van der Waals surface area (Å²) in [6.45, 7) is 0. The monoisotopic (exact) mass is 338 g/mol. The fraction of sp³-hybridized carbons (Fsp3) is 0.500. The van der Waals surface area contributed by atoms with Gasteiger partial charge in [-0.25, -0.2) is 4.99 Å². The summed E-state index contributed by atoms with van der Waals surface area (Å²) in [5.41, 5.74) is 5.51. The molecule has 1 aromatic rings. The maximum absolute atomic E-state index is 12.8. The van der Waals surface area contributed by atoms with E-state index in [1.807, 2.05) is 6.07 Å². The lowest BCUT2D eigenvalue weighted by atomic mass is 9.73. The van der Waals surface area contributed by atoms with Crippen molar-refractivity contribution in [3.63, 3.8) is 0 Å². The number of carbonyl (C=O) groups is 1. The van der Waals surface area contributed by atoms with Gasteiger partial charge in [0, 0.05) is 17.0 Å². The van der Waals surface area contributed by atoms with E-state index >= 15 is 0 Å². The highest BCUT2D eigenvalue weighted by atomic mass is 35.5. The molecule has 1 heterocycles. The molecule has 1 aliphatic carbocycles. The normalized spacial score (nSPS) is 28.3. The van der Waals surface area contributed by atoms with E-state index in [0.29, 0.717) is 23.4 Å². The maximum Gasteiger partial charge on any atom is 0.205 e. The third kappa shape index (κ3) is 2.87. The molecule has 124 valence electrons. The zero-order chi connectivity index (χ0) is 16.6. The minimum Gasteiger partial charge on any atom is -0.468 e. The van der Waals surface area contributed by atoms with Gasteiger partial charge in [-0.3, -0.25) is 4.79 Å². The molecule has 6 nitrogen and oxygen atoms in total. The van der Waals surface area contributed by atoms with Gasteiger partial charge in [-0.2, -0.15) is 0 Å². The van der Waals surface area contributed by atoms with Gasteiger partial charge in [0.1, 0.15) is 0 Å². The fourth-order valence-corrected chi connectivity index (χ4v) is 3.56. The van der Waals surface area contributed by atoms with Gasteiger partial charge >= 0.3 is 0 Å². The average molecular weight is 339 g/mol. The summed E-state index contributed by atoms with van der Waals surface area (Å²) in [4.78, 5) is 17.4. The molecule has 7 heteroatoms. The highest BCUT2D eigenvalue weighted by Gasteiger charge is 2.52. The van der Waals surface area contributed by atoms with E-state index in [0.717, 1.165) is 6.42 Å². The summed E-state index contributed by atoms with van der Waals surface area (Å²) in [7, 11) is 0. The lowest BCUT2D eigenvalue weighted by Gasteiger charge is -2.42. The Morgan fingerprint density at radius 3 is 2.87 bits per heavy atom. The van der Waals surface area contributed by atoms with Gasteiger partial charge in [-0.1, -0.05) is 29.8 Å². The SMILES string of the molecule is N[C@@H](CC(O)O)C1=NC2(c3ccccc3Cl)CCCC(O1)C2=O. The summed E-state index contributed by atoms with van der Waals surface area (Å²) >= 11 is 6.30. The van der Waals surface area contributed by atoms with E-state index in [9.17, 15) is 4.79 Å². The lowest BCUT2D eigenvalue weighted by molar-refractivity contribution is -0.137. The van der Waals surface area contributed by atoms with Crippen LogP contribution in [0.2, 0.25) is 5.02 Å².